The summed E-state index contributed by atoms with van der Waals surface area (Å²) in [7, 11) is 0. The first-order valence-corrected chi connectivity index (χ1v) is 2.34. The van der Waals surface area contributed by atoms with Gasteiger partial charge in [0, 0.05) is 6.54 Å². The molecule has 0 rings (SSSR count). The van der Waals surface area contributed by atoms with E-state index in [1.165, 1.54) is 0 Å². The van der Waals surface area contributed by atoms with Crippen LogP contribution in [0.4, 0.5) is 4.79 Å². The summed E-state index contributed by atoms with van der Waals surface area (Å²) in [6.45, 7) is 0.231. The van der Waals surface area contributed by atoms with E-state index in [1.807, 2.05) is 0 Å². The van der Waals surface area contributed by atoms with Gasteiger partial charge in [-0.25, -0.2) is 4.79 Å². The summed E-state index contributed by atoms with van der Waals surface area (Å²) in [5, 5.41) is 21.8. The van der Waals surface area contributed by atoms with Crippen molar-refractivity contribution in [3.8, 4) is 0 Å². The van der Waals surface area contributed by atoms with Gasteiger partial charge in [0.25, 0.3) is 0 Å². The van der Waals surface area contributed by atoms with Crippen LogP contribution in [0, 0.1) is 0 Å². The van der Waals surface area contributed by atoms with Crippen molar-refractivity contribution in [2.75, 3.05) is 6.54 Å². The minimum absolute atomic E-state index is 0.0694. The smallest absolute Gasteiger partial charge is 0.481 e. The summed E-state index contributed by atoms with van der Waals surface area (Å²) >= 11 is 0. The highest BCUT2D eigenvalue weighted by Crippen LogP contribution is 1.67. The second-order valence-corrected chi connectivity index (χ2v) is 1.21. The van der Waals surface area contributed by atoms with Gasteiger partial charge in [-0.1, -0.05) is 0 Å². The minimum atomic E-state index is -1.83. The van der Waals surface area contributed by atoms with Crippen molar-refractivity contribution in [1.82, 2.24) is 0 Å². The number of hydrogen-bond acceptors (Lipinski definition) is 3. The van der Waals surface area contributed by atoms with E-state index in [0.717, 1.165) is 0 Å². The molecule has 6 nitrogen and oxygen atoms in total. The van der Waals surface area contributed by atoms with Crippen LogP contribution in [0.1, 0.15) is 6.42 Å². The molecule has 0 spiro atoms. The van der Waals surface area contributed by atoms with E-state index < -0.39 is 12.1 Å². The zero-order valence-corrected chi connectivity index (χ0v) is 5.15. The van der Waals surface area contributed by atoms with Gasteiger partial charge in [0.1, 0.15) is 0 Å². The summed E-state index contributed by atoms with van der Waals surface area (Å²) in [6, 6.07) is 0. The van der Waals surface area contributed by atoms with Crippen molar-refractivity contribution < 1.29 is 24.9 Å². The SMILES string of the molecule is NCCC(=O)O.O=C(O)O. The van der Waals surface area contributed by atoms with E-state index >= 15 is 0 Å². The number of nitrogens with two attached hydrogens (primary N) is 1. The van der Waals surface area contributed by atoms with Crippen LogP contribution in [0.3, 0.4) is 0 Å². The van der Waals surface area contributed by atoms with Gasteiger partial charge >= 0.3 is 12.1 Å². The van der Waals surface area contributed by atoms with Crippen LogP contribution in [0.25, 0.3) is 0 Å². The molecule has 0 aromatic rings. The molecular formula is C4H9NO5. The fraction of sp³-hybridized carbons (Fsp3) is 0.500. The Balaban J connectivity index is 0. The molecule has 0 fully saturated rings. The summed E-state index contributed by atoms with van der Waals surface area (Å²) in [4.78, 5) is 18.1. The van der Waals surface area contributed by atoms with E-state index in [4.69, 9.17) is 25.8 Å². The van der Waals surface area contributed by atoms with E-state index in [0.29, 0.717) is 0 Å². The normalized spacial score (nSPS) is 7.30. The van der Waals surface area contributed by atoms with Gasteiger partial charge in [0.2, 0.25) is 0 Å². The molecule has 5 N–H and O–H groups in total. The van der Waals surface area contributed by atoms with Crippen LogP contribution in [0.5, 0.6) is 0 Å². The van der Waals surface area contributed by atoms with Crippen molar-refractivity contribution in [1.29, 1.82) is 0 Å². The fourth-order valence-corrected chi connectivity index (χ4v) is 0.123. The average Bonchev–Trinajstić information content (AvgIpc) is 1.62. The van der Waals surface area contributed by atoms with Crippen LogP contribution in [-0.2, 0) is 4.79 Å². The third-order valence-corrected chi connectivity index (χ3v) is 0.358. The van der Waals surface area contributed by atoms with E-state index in [2.05, 4.69) is 0 Å². The molecule has 0 atom stereocenters. The third-order valence-electron chi connectivity index (χ3n) is 0.358. The lowest BCUT2D eigenvalue weighted by Gasteiger charge is -1.80. The quantitative estimate of drug-likeness (QED) is 0.427. The van der Waals surface area contributed by atoms with Crippen molar-refractivity contribution in [3.05, 3.63) is 0 Å². The van der Waals surface area contributed by atoms with Gasteiger partial charge in [-0.15, -0.1) is 0 Å². The number of carboxylic acid groups (broad SMARTS) is 3. The molecule has 0 aliphatic carbocycles. The molecule has 6 heteroatoms. The molecule has 0 bridgehead atoms. The Hall–Kier alpha value is -1.30. The first kappa shape index (κ1) is 11.5. The lowest BCUT2D eigenvalue weighted by Crippen LogP contribution is -2.05. The second kappa shape index (κ2) is 7.70. The molecule has 0 aromatic heterocycles. The highest BCUT2D eigenvalue weighted by Gasteiger charge is 1.87. The number of rotatable bonds is 2. The standard InChI is InChI=1S/C3H7NO2.CH2O3/c4-2-1-3(5)6;2-1(3)4/h1-2,4H2,(H,5,6);(H2,2,3,4). The Morgan fingerprint density at radius 2 is 1.50 bits per heavy atom. The molecule has 0 heterocycles. The molecule has 0 amide bonds. The van der Waals surface area contributed by atoms with Crippen molar-refractivity contribution >= 4 is 12.1 Å². The maximum absolute atomic E-state index is 9.52. The zero-order chi connectivity index (χ0) is 8.57. The lowest BCUT2D eigenvalue weighted by atomic mass is 10.5. The lowest BCUT2D eigenvalue weighted by molar-refractivity contribution is -0.136. The van der Waals surface area contributed by atoms with E-state index in [1.54, 1.807) is 0 Å². The van der Waals surface area contributed by atoms with Crippen LogP contribution < -0.4 is 5.73 Å². The van der Waals surface area contributed by atoms with Gasteiger partial charge in [-0.3, -0.25) is 4.79 Å². The average molecular weight is 151 g/mol. The topological polar surface area (TPSA) is 121 Å². The van der Waals surface area contributed by atoms with Gasteiger partial charge in [0.05, 0.1) is 6.42 Å². The minimum Gasteiger partial charge on any atom is -0.481 e. The molecule has 10 heavy (non-hydrogen) atoms. The summed E-state index contributed by atoms with van der Waals surface area (Å²) in [5.41, 5.74) is 4.85. The Morgan fingerprint density at radius 1 is 1.20 bits per heavy atom. The Kier molecular flexibility index (Phi) is 8.85. The number of carboxylic acids is 1. The molecule has 0 saturated heterocycles. The predicted molar refractivity (Wildman–Crippen MR) is 32.0 cm³/mol. The monoisotopic (exact) mass is 151 g/mol. The molecule has 0 unspecified atom stereocenters. The first-order valence-electron chi connectivity index (χ1n) is 2.34. The van der Waals surface area contributed by atoms with Crippen LogP contribution >= 0.6 is 0 Å². The maximum atomic E-state index is 9.52. The summed E-state index contributed by atoms with van der Waals surface area (Å²) in [6.07, 6.45) is -1.76. The van der Waals surface area contributed by atoms with Gasteiger partial charge in [-0.05, 0) is 0 Å². The van der Waals surface area contributed by atoms with E-state index in [9.17, 15) is 4.79 Å². The summed E-state index contributed by atoms with van der Waals surface area (Å²) in [5.74, 6) is -0.836. The number of aliphatic carboxylic acids is 1. The second-order valence-electron chi connectivity index (χ2n) is 1.21. The zero-order valence-electron chi connectivity index (χ0n) is 5.15. The largest absolute Gasteiger partial charge is 0.503 e. The third kappa shape index (κ3) is 75.3. The molecule has 60 valence electrons. The molecule has 0 aromatic carbocycles. The Bertz CT molecular complexity index is 108. The van der Waals surface area contributed by atoms with Crippen molar-refractivity contribution in [3.63, 3.8) is 0 Å². The van der Waals surface area contributed by atoms with Gasteiger partial charge in [-0.2, -0.15) is 0 Å². The molecule has 0 saturated carbocycles. The van der Waals surface area contributed by atoms with Gasteiger partial charge < -0.3 is 21.1 Å². The van der Waals surface area contributed by atoms with Gasteiger partial charge in [0.15, 0.2) is 0 Å². The van der Waals surface area contributed by atoms with Crippen molar-refractivity contribution in [2.45, 2.75) is 6.42 Å². The summed E-state index contributed by atoms with van der Waals surface area (Å²) < 4.78 is 0. The van der Waals surface area contributed by atoms with Crippen LogP contribution in [-0.4, -0.2) is 34.0 Å². The highest BCUT2D eigenvalue weighted by atomic mass is 16.6. The molecule has 0 aliphatic heterocycles. The Labute approximate surface area is 56.9 Å². The Morgan fingerprint density at radius 3 is 1.50 bits per heavy atom. The van der Waals surface area contributed by atoms with E-state index in [-0.39, 0.29) is 13.0 Å². The first-order chi connectivity index (χ1) is 4.50. The van der Waals surface area contributed by atoms with Crippen LogP contribution in [0.15, 0.2) is 0 Å². The van der Waals surface area contributed by atoms with Crippen molar-refractivity contribution in [2.24, 2.45) is 5.73 Å². The molecule has 0 radical (unpaired) electrons. The molecular weight excluding hydrogens is 142 g/mol. The highest BCUT2D eigenvalue weighted by molar-refractivity contribution is 5.66. The molecule has 0 aliphatic rings. The van der Waals surface area contributed by atoms with Crippen LogP contribution in [0.2, 0.25) is 0 Å². The predicted octanol–water partition coefficient (Wildman–Crippen LogP) is -0.358. The fourth-order valence-electron chi connectivity index (χ4n) is 0.123. The number of carbonyl (C=O) groups is 2. The maximum Gasteiger partial charge on any atom is 0.503 e. The number of hydrogen-bond donors (Lipinski definition) is 4.